The van der Waals surface area contributed by atoms with Crippen LogP contribution in [0.4, 0.5) is 0 Å². The Labute approximate surface area is 128 Å². The fourth-order valence-corrected chi connectivity index (χ4v) is 2.83. The quantitative estimate of drug-likeness (QED) is 0.838. The summed E-state index contributed by atoms with van der Waals surface area (Å²) in [5.41, 5.74) is 1.20. The van der Waals surface area contributed by atoms with E-state index in [0.717, 1.165) is 13.0 Å². The minimum absolute atomic E-state index is 0.212. The van der Waals surface area contributed by atoms with Crippen molar-refractivity contribution in [3.63, 3.8) is 0 Å². The van der Waals surface area contributed by atoms with Gasteiger partial charge in [-0.1, -0.05) is 5.16 Å². The lowest BCUT2D eigenvalue weighted by Crippen LogP contribution is -2.21. The van der Waals surface area contributed by atoms with E-state index in [9.17, 15) is 5.11 Å². The fourth-order valence-electron chi connectivity index (χ4n) is 2.83. The zero-order valence-electron chi connectivity index (χ0n) is 12.6. The molecular formula is C15H20N4O3. The molecule has 1 N–H and O–H groups in total. The highest BCUT2D eigenvalue weighted by atomic mass is 16.5. The molecule has 22 heavy (non-hydrogen) atoms. The van der Waals surface area contributed by atoms with Crippen LogP contribution in [0.2, 0.25) is 0 Å². The number of aliphatic hydroxyl groups excluding tert-OH is 1. The Bertz CT molecular complexity index is 589. The van der Waals surface area contributed by atoms with Crippen molar-refractivity contribution in [1.29, 1.82) is 0 Å². The molecule has 1 fully saturated rings. The Morgan fingerprint density at radius 3 is 2.95 bits per heavy atom. The Morgan fingerprint density at radius 1 is 1.36 bits per heavy atom. The summed E-state index contributed by atoms with van der Waals surface area (Å²) in [4.78, 5) is 10.4. The van der Waals surface area contributed by atoms with E-state index >= 15 is 0 Å². The van der Waals surface area contributed by atoms with Crippen molar-refractivity contribution in [3.05, 3.63) is 41.8 Å². The molecule has 2 aromatic heterocycles. The number of ether oxygens (including phenoxy) is 1. The molecule has 7 nitrogen and oxygen atoms in total. The molecule has 1 saturated heterocycles. The lowest BCUT2D eigenvalue weighted by Gasteiger charge is -2.13. The first-order valence-corrected chi connectivity index (χ1v) is 7.34. The SMILES string of the molecule is COCc1noc(CN2C[C@@H](Cc3ccncc3)[C@@H](O)C2)n1. The van der Waals surface area contributed by atoms with E-state index in [4.69, 9.17) is 9.26 Å². The largest absolute Gasteiger partial charge is 0.391 e. The zero-order chi connectivity index (χ0) is 15.4. The van der Waals surface area contributed by atoms with Crippen LogP contribution in [0.25, 0.3) is 0 Å². The van der Waals surface area contributed by atoms with Crippen LogP contribution in [0.1, 0.15) is 17.3 Å². The predicted octanol–water partition coefficient (Wildman–Crippen LogP) is 0.646. The van der Waals surface area contributed by atoms with Gasteiger partial charge in [0.25, 0.3) is 0 Å². The van der Waals surface area contributed by atoms with Crippen molar-refractivity contribution in [1.82, 2.24) is 20.0 Å². The average molecular weight is 304 g/mol. The van der Waals surface area contributed by atoms with Gasteiger partial charge in [0.1, 0.15) is 6.61 Å². The molecule has 0 spiro atoms. The number of methoxy groups -OCH3 is 1. The number of rotatable bonds is 6. The van der Waals surface area contributed by atoms with Crippen molar-refractivity contribution < 1.29 is 14.4 Å². The van der Waals surface area contributed by atoms with E-state index in [2.05, 4.69) is 20.0 Å². The van der Waals surface area contributed by atoms with Gasteiger partial charge in [-0.05, 0) is 24.1 Å². The highest BCUT2D eigenvalue weighted by Gasteiger charge is 2.32. The van der Waals surface area contributed by atoms with Crippen molar-refractivity contribution >= 4 is 0 Å². The Balaban J connectivity index is 1.55. The summed E-state index contributed by atoms with van der Waals surface area (Å²) in [5, 5.41) is 14.1. The maximum absolute atomic E-state index is 10.2. The lowest BCUT2D eigenvalue weighted by molar-refractivity contribution is 0.139. The monoisotopic (exact) mass is 304 g/mol. The van der Waals surface area contributed by atoms with E-state index in [1.54, 1.807) is 19.5 Å². The Hall–Kier alpha value is -1.83. The third kappa shape index (κ3) is 3.68. The van der Waals surface area contributed by atoms with E-state index in [1.165, 1.54) is 5.56 Å². The van der Waals surface area contributed by atoms with E-state index in [1.807, 2.05) is 12.1 Å². The van der Waals surface area contributed by atoms with Gasteiger partial charge in [-0.15, -0.1) is 0 Å². The molecule has 118 valence electrons. The van der Waals surface area contributed by atoms with Crippen LogP contribution in [0.15, 0.2) is 29.0 Å². The molecule has 0 radical (unpaired) electrons. The number of nitrogens with zero attached hydrogens (tertiary/aromatic N) is 4. The average Bonchev–Trinajstić information content (AvgIpc) is 3.08. The van der Waals surface area contributed by atoms with Gasteiger partial charge in [-0.25, -0.2) is 0 Å². The van der Waals surface area contributed by atoms with Crippen LogP contribution in [0.5, 0.6) is 0 Å². The highest BCUT2D eigenvalue weighted by molar-refractivity contribution is 5.11. The lowest BCUT2D eigenvalue weighted by atomic mass is 9.97. The highest BCUT2D eigenvalue weighted by Crippen LogP contribution is 2.22. The number of likely N-dealkylation sites (tertiary alicyclic amines) is 1. The van der Waals surface area contributed by atoms with Gasteiger partial charge in [0.15, 0.2) is 5.82 Å². The second kappa shape index (κ2) is 6.95. The summed E-state index contributed by atoms with van der Waals surface area (Å²) in [7, 11) is 1.59. The summed E-state index contributed by atoms with van der Waals surface area (Å²) in [6.45, 7) is 2.33. The second-order valence-corrected chi connectivity index (χ2v) is 5.62. The maximum Gasteiger partial charge on any atom is 0.240 e. The van der Waals surface area contributed by atoms with Gasteiger partial charge in [-0.2, -0.15) is 4.98 Å². The second-order valence-electron chi connectivity index (χ2n) is 5.62. The molecule has 1 aliphatic heterocycles. The van der Waals surface area contributed by atoms with Gasteiger partial charge in [-0.3, -0.25) is 9.88 Å². The smallest absolute Gasteiger partial charge is 0.240 e. The molecule has 3 heterocycles. The fraction of sp³-hybridized carbons (Fsp3) is 0.533. The molecule has 0 amide bonds. The summed E-state index contributed by atoms with van der Waals surface area (Å²) < 4.78 is 10.2. The first-order chi connectivity index (χ1) is 10.7. The number of pyridine rings is 1. The Morgan fingerprint density at radius 2 is 2.18 bits per heavy atom. The summed E-state index contributed by atoms with van der Waals surface area (Å²) in [6.07, 6.45) is 4.07. The molecule has 7 heteroatoms. The number of aliphatic hydroxyl groups is 1. The van der Waals surface area contributed by atoms with Crippen molar-refractivity contribution in [2.24, 2.45) is 5.92 Å². The van der Waals surface area contributed by atoms with Crippen LogP contribution < -0.4 is 0 Å². The van der Waals surface area contributed by atoms with Crippen LogP contribution >= 0.6 is 0 Å². The number of β-amino-alcohol motifs (C(OH)–C–C–N with tert-alkyl or cyclic N) is 1. The topological polar surface area (TPSA) is 84.5 Å². The van der Waals surface area contributed by atoms with E-state index in [-0.39, 0.29) is 12.0 Å². The van der Waals surface area contributed by atoms with Crippen molar-refractivity contribution in [3.8, 4) is 0 Å². The molecular weight excluding hydrogens is 284 g/mol. The minimum Gasteiger partial charge on any atom is -0.391 e. The molecule has 0 aliphatic carbocycles. The Kier molecular flexibility index (Phi) is 4.77. The van der Waals surface area contributed by atoms with Gasteiger partial charge in [0.05, 0.1) is 12.6 Å². The molecule has 0 aromatic carbocycles. The minimum atomic E-state index is -0.338. The summed E-state index contributed by atoms with van der Waals surface area (Å²) >= 11 is 0. The molecule has 3 rings (SSSR count). The van der Waals surface area contributed by atoms with Crippen molar-refractivity contribution in [2.45, 2.75) is 25.7 Å². The van der Waals surface area contributed by atoms with Crippen LogP contribution in [0.3, 0.4) is 0 Å². The van der Waals surface area contributed by atoms with Gasteiger partial charge in [0, 0.05) is 38.5 Å². The molecule has 2 atom stereocenters. The van der Waals surface area contributed by atoms with Crippen molar-refractivity contribution in [2.75, 3.05) is 20.2 Å². The third-order valence-corrected chi connectivity index (χ3v) is 3.87. The number of hydrogen-bond acceptors (Lipinski definition) is 7. The predicted molar refractivity (Wildman–Crippen MR) is 77.7 cm³/mol. The van der Waals surface area contributed by atoms with E-state index in [0.29, 0.717) is 31.4 Å². The molecule has 0 unspecified atom stereocenters. The molecule has 2 aromatic rings. The number of hydrogen-bond donors (Lipinski definition) is 1. The van der Waals surface area contributed by atoms with Gasteiger partial charge >= 0.3 is 0 Å². The zero-order valence-corrected chi connectivity index (χ0v) is 12.6. The standard InChI is InChI=1S/C15H20N4O3/c1-21-10-14-17-15(22-18-14)9-19-7-12(13(20)8-19)6-11-2-4-16-5-3-11/h2-5,12-13,20H,6-10H2,1H3/t12-,13+/m1/s1. The van der Waals surface area contributed by atoms with Gasteiger partial charge < -0.3 is 14.4 Å². The molecule has 0 bridgehead atoms. The van der Waals surface area contributed by atoms with Crippen LogP contribution in [0, 0.1) is 5.92 Å². The van der Waals surface area contributed by atoms with Crippen LogP contribution in [-0.2, 0) is 24.3 Å². The third-order valence-electron chi connectivity index (χ3n) is 3.87. The molecule has 0 saturated carbocycles. The summed E-state index contributed by atoms with van der Waals surface area (Å²) in [6, 6.07) is 3.98. The van der Waals surface area contributed by atoms with E-state index < -0.39 is 0 Å². The normalized spacial score (nSPS) is 22.3. The first kappa shape index (κ1) is 15.1. The number of aromatic nitrogens is 3. The first-order valence-electron chi connectivity index (χ1n) is 7.34. The van der Waals surface area contributed by atoms with Gasteiger partial charge in [0.2, 0.25) is 5.89 Å². The molecule has 1 aliphatic rings. The summed E-state index contributed by atoms with van der Waals surface area (Å²) in [5.74, 6) is 1.32. The maximum atomic E-state index is 10.2. The van der Waals surface area contributed by atoms with Crippen LogP contribution in [-0.4, -0.2) is 51.4 Å².